The van der Waals surface area contributed by atoms with Gasteiger partial charge in [0.25, 0.3) is 0 Å². The topological polar surface area (TPSA) is 41.1 Å². The van der Waals surface area contributed by atoms with E-state index >= 15 is 0 Å². The molecule has 74 valence electrons. The van der Waals surface area contributed by atoms with Crippen LogP contribution in [0.2, 0.25) is 0 Å². The maximum atomic E-state index is 11.4. The Labute approximate surface area is 79.3 Å². The molecule has 0 aromatic heterocycles. The number of carbonyl (C=O) groups is 1. The lowest BCUT2D eigenvalue weighted by Crippen LogP contribution is -2.32. The average Bonchev–Trinajstić information content (AvgIpc) is 2.90. The molecular formula is C10H18N2O. The predicted molar refractivity (Wildman–Crippen MR) is 51.4 cm³/mol. The van der Waals surface area contributed by atoms with Gasteiger partial charge in [0.2, 0.25) is 5.91 Å². The lowest BCUT2D eigenvalue weighted by molar-refractivity contribution is -0.122. The first kappa shape index (κ1) is 9.00. The second-order valence-corrected chi connectivity index (χ2v) is 4.24. The van der Waals surface area contributed by atoms with E-state index in [2.05, 4.69) is 10.6 Å². The number of piperidine rings is 1. The molecule has 3 nitrogen and oxygen atoms in total. The standard InChI is InChI=1S/C10H18N2O/c13-10(12-9-1-2-9)7-8-3-5-11-6-4-8/h8-9,11H,1-7H2,(H,12,13). The van der Waals surface area contributed by atoms with Crippen LogP contribution in [-0.4, -0.2) is 25.0 Å². The summed E-state index contributed by atoms with van der Waals surface area (Å²) in [4.78, 5) is 11.4. The molecule has 1 saturated heterocycles. The smallest absolute Gasteiger partial charge is 0.220 e. The minimum Gasteiger partial charge on any atom is -0.353 e. The van der Waals surface area contributed by atoms with Crippen molar-refractivity contribution in [1.29, 1.82) is 0 Å². The fourth-order valence-electron chi connectivity index (χ4n) is 1.86. The number of hydrogen-bond acceptors (Lipinski definition) is 2. The van der Waals surface area contributed by atoms with Crippen LogP contribution in [0, 0.1) is 5.92 Å². The van der Waals surface area contributed by atoms with Crippen LogP contribution < -0.4 is 10.6 Å². The van der Waals surface area contributed by atoms with Gasteiger partial charge in [-0.25, -0.2) is 0 Å². The van der Waals surface area contributed by atoms with E-state index in [1.165, 1.54) is 12.8 Å². The summed E-state index contributed by atoms with van der Waals surface area (Å²) >= 11 is 0. The number of hydrogen-bond donors (Lipinski definition) is 2. The first-order chi connectivity index (χ1) is 6.34. The molecule has 13 heavy (non-hydrogen) atoms. The van der Waals surface area contributed by atoms with Crippen LogP contribution >= 0.6 is 0 Å². The van der Waals surface area contributed by atoms with Crippen LogP contribution in [0.3, 0.4) is 0 Å². The summed E-state index contributed by atoms with van der Waals surface area (Å²) in [5.74, 6) is 0.898. The highest BCUT2D eigenvalue weighted by Gasteiger charge is 2.24. The Balaban J connectivity index is 1.66. The summed E-state index contributed by atoms with van der Waals surface area (Å²) in [6.07, 6.45) is 5.46. The quantitative estimate of drug-likeness (QED) is 0.673. The Morgan fingerprint density at radius 1 is 1.23 bits per heavy atom. The first-order valence-corrected chi connectivity index (χ1v) is 5.34. The van der Waals surface area contributed by atoms with E-state index in [9.17, 15) is 4.79 Å². The Kier molecular flexibility index (Phi) is 2.83. The van der Waals surface area contributed by atoms with Gasteiger partial charge in [-0.15, -0.1) is 0 Å². The normalized spacial score (nSPS) is 24.3. The maximum Gasteiger partial charge on any atom is 0.220 e. The third-order valence-electron chi connectivity index (χ3n) is 2.88. The highest BCUT2D eigenvalue weighted by atomic mass is 16.1. The van der Waals surface area contributed by atoms with Crippen molar-refractivity contribution >= 4 is 5.91 Å². The molecule has 1 heterocycles. The van der Waals surface area contributed by atoms with E-state index in [4.69, 9.17) is 0 Å². The van der Waals surface area contributed by atoms with Gasteiger partial charge in [-0.05, 0) is 44.7 Å². The van der Waals surface area contributed by atoms with Gasteiger partial charge in [0, 0.05) is 12.5 Å². The molecule has 1 amide bonds. The van der Waals surface area contributed by atoms with Crippen LogP contribution in [0.15, 0.2) is 0 Å². The molecule has 0 spiro atoms. The highest BCUT2D eigenvalue weighted by Crippen LogP contribution is 2.20. The molecular weight excluding hydrogens is 164 g/mol. The summed E-state index contributed by atoms with van der Waals surface area (Å²) in [5, 5.41) is 6.35. The van der Waals surface area contributed by atoms with E-state index in [-0.39, 0.29) is 5.91 Å². The summed E-state index contributed by atoms with van der Waals surface area (Å²) in [5.41, 5.74) is 0. The molecule has 0 radical (unpaired) electrons. The van der Waals surface area contributed by atoms with Crippen LogP contribution in [0.1, 0.15) is 32.1 Å². The van der Waals surface area contributed by atoms with Crippen molar-refractivity contribution in [2.24, 2.45) is 5.92 Å². The number of carbonyl (C=O) groups excluding carboxylic acids is 1. The molecule has 3 heteroatoms. The Morgan fingerprint density at radius 2 is 1.92 bits per heavy atom. The summed E-state index contributed by atoms with van der Waals surface area (Å²) < 4.78 is 0. The minimum atomic E-state index is 0.273. The fourth-order valence-corrected chi connectivity index (χ4v) is 1.86. The molecule has 2 rings (SSSR count). The van der Waals surface area contributed by atoms with Crippen molar-refractivity contribution in [3.8, 4) is 0 Å². The summed E-state index contributed by atoms with van der Waals surface area (Å²) in [7, 11) is 0. The third kappa shape index (κ3) is 2.99. The van der Waals surface area contributed by atoms with Gasteiger partial charge in [0.15, 0.2) is 0 Å². The predicted octanol–water partition coefficient (Wildman–Crippen LogP) is 0.655. The van der Waals surface area contributed by atoms with Gasteiger partial charge in [0.1, 0.15) is 0 Å². The van der Waals surface area contributed by atoms with Gasteiger partial charge in [-0.1, -0.05) is 0 Å². The van der Waals surface area contributed by atoms with E-state index in [0.717, 1.165) is 32.4 Å². The maximum absolute atomic E-state index is 11.4. The number of nitrogens with one attached hydrogen (secondary N) is 2. The summed E-state index contributed by atoms with van der Waals surface area (Å²) in [6, 6.07) is 0.522. The van der Waals surface area contributed by atoms with Gasteiger partial charge in [-0.3, -0.25) is 4.79 Å². The molecule has 0 atom stereocenters. The van der Waals surface area contributed by atoms with Crippen LogP contribution in [0.5, 0.6) is 0 Å². The number of rotatable bonds is 3. The zero-order valence-electron chi connectivity index (χ0n) is 8.01. The zero-order valence-corrected chi connectivity index (χ0v) is 8.01. The summed E-state index contributed by atoms with van der Waals surface area (Å²) in [6.45, 7) is 2.17. The second-order valence-electron chi connectivity index (χ2n) is 4.24. The van der Waals surface area contributed by atoms with Gasteiger partial charge in [0.05, 0.1) is 0 Å². The highest BCUT2D eigenvalue weighted by molar-refractivity contribution is 5.76. The van der Waals surface area contributed by atoms with Crippen molar-refractivity contribution in [1.82, 2.24) is 10.6 Å². The molecule has 2 N–H and O–H groups in total. The van der Waals surface area contributed by atoms with Gasteiger partial charge >= 0.3 is 0 Å². The van der Waals surface area contributed by atoms with Crippen molar-refractivity contribution in [3.05, 3.63) is 0 Å². The molecule has 1 saturated carbocycles. The van der Waals surface area contributed by atoms with Crippen molar-refractivity contribution in [2.75, 3.05) is 13.1 Å². The molecule has 0 aromatic rings. The van der Waals surface area contributed by atoms with Crippen molar-refractivity contribution in [3.63, 3.8) is 0 Å². The number of amides is 1. The SMILES string of the molecule is O=C(CC1CCNCC1)NC1CC1. The van der Waals surface area contributed by atoms with E-state index in [1.807, 2.05) is 0 Å². The molecule has 0 bridgehead atoms. The largest absolute Gasteiger partial charge is 0.353 e. The third-order valence-corrected chi connectivity index (χ3v) is 2.88. The van der Waals surface area contributed by atoms with E-state index < -0.39 is 0 Å². The van der Waals surface area contributed by atoms with Gasteiger partial charge in [-0.2, -0.15) is 0 Å². The van der Waals surface area contributed by atoms with Crippen molar-refractivity contribution < 1.29 is 4.79 Å². The van der Waals surface area contributed by atoms with Crippen molar-refractivity contribution in [2.45, 2.75) is 38.1 Å². The van der Waals surface area contributed by atoms with Gasteiger partial charge < -0.3 is 10.6 Å². The second kappa shape index (κ2) is 4.09. The van der Waals surface area contributed by atoms with E-state index in [0.29, 0.717) is 12.0 Å². The Hall–Kier alpha value is -0.570. The molecule has 2 aliphatic rings. The molecule has 0 unspecified atom stereocenters. The zero-order chi connectivity index (χ0) is 9.10. The monoisotopic (exact) mass is 182 g/mol. The molecule has 1 aliphatic heterocycles. The lowest BCUT2D eigenvalue weighted by Gasteiger charge is -2.21. The Bertz CT molecular complexity index is 183. The lowest BCUT2D eigenvalue weighted by atomic mass is 9.94. The first-order valence-electron chi connectivity index (χ1n) is 5.34. The molecule has 1 aliphatic carbocycles. The van der Waals surface area contributed by atoms with Crippen LogP contribution in [0.4, 0.5) is 0 Å². The molecule has 2 fully saturated rings. The van der Waals surface area contributed by atoms with Crippen LogP contribution in [-0.2, 0) is 4.79 Å². The minimum absolute atomic E-state index is 0.273. The molecule has 0 aromatic carbocycles. The average molecular weight is 182 g/mol. The van der Waals surface area contributed by atoms with E-state index in [1.54, 1.807) is 0 Å². The fraction of sp³-hybridized carbons (Fsp3) is 0.900. The van der Waals surface area contributed by atoms with Crippen LogP contribution in [0.25, 0.3) is 0 Å². The Morgan fingerprint density at radius 3 is 2.54 bits per heavy atom.